The van der Waals surface area contributed by atoms with Crippen LogP contribution in [-0.4, -0.2) is 18.7 Å². The molecule has 3 aromatic carbocycles. The maximum atomic E-state index is 11.9. The molecule has 3 aromatic rings. The Morgan fingerprint density at radius 1 is 1.03 bits per heavy atom. The summed E-state index contributed by atoms with van der Waals surface area (Å²) in [6.45, 7) is 0.261. The largest absolute Gasteiger partial charge is 0.488 e. The van der Waals surface area contributed by atoms with E-state index in [2.05, 4.69) is 26.5 Å². The van der Waals surface area contributed by atoms with Crippen LogP contribution in [0.1, 0.15) is 11.1 Å². The van der Waals surface area contributed by atoms with Crippen molar-refractivity contribution in [1.82, 2.24) is 5.43 Å². The lowest BCUT2D eigenvalue weighted by atomic mass is 10.2. The number of amides is 1. The summed E-state index contributed by atoms with van der Waals surface area (Å²) in [7, 11) is 0. The van der Waals surface area contributed by atoms with Gasteiger partial charge in [-0.3, -0.25) is 4.79 Å². The van der Waals surface area contributed by atoms with Crippen LogP contribution in [0.5, 0.6) is 11.5 Å². The van der Waals surface area contributed by atoms with E-state index >= 15 is 0 Å². The SMILES string of the molecule is O=C(COc1cccc(Cl)c1)N/N=C/c1cc(Br)ccc1OCc1ccccc1. The van der Waals surface area contributed by atoms with Crippen LogP contribution in [0.2, 0.25) is 5.02 Å². The van der Waals surface area contributed by atoms with E-state index in [-0.39, 0.29) is 12.5 Å². The lowest BCUT2D eigenvalue weighted by molar-refractivity contribution is -0.123. The molecule has 5 nitrogen and oxygen atoms in total. The lowest BCUT2D eigenvalue weighted by Crippen LogP contribution is -2.24. The number of nitrogens with one attached hydrogen (secondary N) is 1. The topological polar surface area (TPSA) is 59.9 Å². The summed E-state index contributed by atoms with van der Waals surface area (Å²) in [4.78, 5) is 11.9. The van der Waals surface area contributed by atoms with Crippen molar-refractivity contribution < 1.29 is 14.3 Å². The average Bonchev–Trinajstić information content (AvgIpc) is 2.72. The number of hydrogen-bond donors (Lipinski definition) is 1. The second-order valence-corrected chi connectivity index (χ2v) is 7.35. The van der Waals surface area contributed by atoms with Gasteiger partial charge in [-0.2, -0.15) is 5.10 Å². The van der Waals surface area contributed by atoms with Crippen LogP contribution in [0.3, 0.4) is 0 Å². The molecule has 1 N–H and O–H groups in total. The summed E-state index contributed by atoms with van der Waals surface area (Å²) in [5, 5.41) is 4.54. The van der Waals surface area contributed by atoms with Crippen molar-refractivity contribution in [2.75, 3.05) is 6.61 Å². The molecule has 0 saturated carbocycles. The highest BCUT2D eigenvalue weighted by Crippen LogP contribution is 2.23. The molecule has 0 aliphatic carbocycles. The fourth-order valence-corrected chi connectivity index (χ4v) is 2.96. The van der Waals surface area contributed by atoms with E-state index in [1.165, 1.54) is 6.21 Å². The van der Waals surface area contributed by atoms with E-state index in [1.807, 2.05) is 48.5 Å². The summed E-state index contributed by atoms with van der Waals surface area (Å²) in [6, 6.07) is 22.3. The molecule has 0 saturated heterocycles. The van der Waals surface area contributed by atoms with Crippen molar-refractivity contribution in [3.63, 3.8) is 0 Å². The first-order chi connectivity index (χ1) is 14.1. The van der Waals surface area contributed by atoms with Crippen molar-refractivity contribution >= 4 is 39.7 Å². The van der Waals surface area contributed by atoms with Gasteiger partial charge in [-0.05, 0) is 42.0 Å². The Bertz CT molecular complexity index is 996. The molecule has 148 valence electrons. The lowest BCUT2D eigenvalue weighted by Gasteiger charge is -2.10. The van der Waals surface area contributed by atoms with Gasteiger partial charge in [-0.1, -0.05) is 63.9 Å². The number of rotatable bonds is 8. The van der Waals surface area contributed by atoms with E-state index in [0.29, 0.717) is 23.1 Å². The number of hydrazone groups is 1. The molecule has 0 aliphatic rings. The van der Waals surface area contributed by atoms with E-state index in [9.17, 15) is 4.79 Å². The van der Waals surface area contributed by atoms with Crippen LogP contribution < -0.4 is 14.9 Å². The van der Waals surface area contributed by atoms with Crippen LogP contribution in [0.25, 0.3) is 0 Å². The highest BCUT2D eigenvalue weighted by molar-refractivity contribution is 9.10. The van der Waals surface area contributed by atoms with Crippen molar-refractivity contribution in [3.05, 3.63) is 93.4 Å². The summed E-state index contributed by atoms with van der Waals surface area (Å²) in [5.41, 5.74) is 4.23. The summed E-state index contributed by atoms with van der Waals surface area (Å²) < 4.78 is 12.1. The predicted octanol–water partition coefficient (Wildman–Crippen LogP) is 5.21. The van der Waals surface area contributed by atoms with Gasteiger partial charge in [0.25, 0.3) is 5.91 Å². The molecular weight excluding hydrogens is 456 g/mol. The van der Waals surface area contributed by atoms with Crippen LogP contribution in [0.15, 0.2) is 82.4 Å². The average molecular weight is 474 g/mol. The summed E-state index contributed by atoms with van der Waals surface area (Å²) in [6.07, 6.45) is 1.53. The Morgan fingerprint density at radius 3 is 2.66 bits per heavy atom. The molecule has 0 heterocycles. The fourth-order valence-electron chi connectivity index (χ4n) is 2.40. The van der Waals surface area contributed by atoms with Crippen molar-refractivity contribution in [2.24, 2.45) is 5.10 Å². The molecule has 0 bridgehead atoms. The first-order valence-corrected chi connectivity index (χ1v) is 9.94. The number of nitrogens with zero attached hydrogens (tertiary/aromatic N) is 1. The minimum atomic E-state index is -0.386. The van der Waals surface area contributed by atoms with Gasteiger partial charge in [0.05, 0.1) is 6.21 Å². The predicted molar refractivity (Wildman–Crippen MR) is 118 cm³/mol. The molecule has 1 amide bonds. The molecule has 0 aromatic heterocycles. The van der Waals surface area contributed by atoms with Gasteiger partial charge in [-0.25, -0.2) is 5.43 Å². The monoisotopic (exact) mass is 472 g/mol. The van der Waals surface area contributed by atoms with Gasteiger partial charge in [0.2, 0.25) is 0 Å². The molecule has 0 aliphatic heterocycles. The Labute approximate surface area is 182 Å². The van der Waals surface area contributed by atoms with Crippen LogP contribution in [0.4, 0.5) is 0 Å². The number of carbonyl (C=O) groups excluding carboxylic acids is 1. The standard InChI is InChI=1S/C22H18BrClN2O3/c23-18-9-10-21(29-14-16-5-2-1-3-6-16)17(11-18)13-25-26-22(27)15-28-20-8-4-7-19(24)12-20/h1-13H,14-15H2,(H,26,27)/b25-13+. The van der Waals surface area contributed by atoms with E-state index in [0.717, 1.165) is 15.6 Å². The van der Waals surface area contributed by atoms with E-state index < -0.39 is 0 Å². The van der Waals surface area contributed by atoms with Crippen LogP contribution >= 0.6 is 27.5 Å². The van der Waals surface area contributed by atoms with Gasteiger partial charge in [0.1, 0.15) is 18.1 Å². The third kappa shape index (κ3) is 6.93. The minimum Gasteiger partial charge on any atom is -0.488 e. The third-order valence-corrected chi connectivity index (χ3v) is 4.50. The molecule has 0 atom stereocenters. The van der Waals surface area contributed by atoms with Crippen LogP contribution in [0, 0.1) is 0 Å². The molecule has 29 heavy (non-hydrogen) atoms. The van der Waals surface area contributed by atoms with Gasteiger partial charge in [-0.15, -0.1) is 0 Å². The zero-order valence-electron chi connectivity index (χ0n) is 15.3. The molecule has 3 rings (SSSR count). The number of carbonyl (C=O) groups is 1. The van der Waals surface area contributed by atoms with E-state index in [4.69, 9.17) is 21.1 Å². The maximum absolute atomic E-state index is 11.9. The Hall–Kier alpha value is -2.83. The number of ether oxygens (including phenoxy) is 2. The molecule has 7 heteroatoms. The Morgan fingerprint density at radius 2 is 1.86 bits per heavy atom. The highest BCUT2D eigenvalue weighted by atomic mass is 79.9. The smallest absolute Gasteiger partial charge is 0.277 e. The minimum absolute atomic E-state index is 0.173. The zero-order valence-corrected chi connectivity index (χ0v) is 17.7. The third-order valence-electron chi connectivity index (χ3n) is 3.77. The van der Waals surface area contributed by atoms with Gasteiger partial charge in [0, 0.05) is 15.1 Å². The van der Waals surface area contributed by atoms with Gasteiger partial charge < -0.3 is 9.47 Å². The summed E-state index contributed by atoms with van der Waals surface area (Å²) in [5.74, 6) is 0.786. The number of benzene rings is 3. The van der Waals surface area contributed by atoms with Gasteiger partial charge in [0.15, 0.2) is 6.61 Å². The fraction of sp³-hybridized carbons (Fsp3) is 0.0909. The van der Waals surface area contributed by atoms with Crippen molar-refractivity contribution in [1.29, 1.82) is 0 Å². The molecule has 0 unspecified atom stereocenters. The maximum Gasteiger partial charge on any atom is 0.277 e. The molecule has 0 spiro atoms. The van der Waals surface area contributed by atoms with Crippen LogP contribution in [-0.2, 0) is 11.4 Å². The molecule has 0 fully saturated rings. The number of halogens is 2. The zero-order chi connectivity index (χ0) is 20.5. The van der Waals surface area contributed by atoms with Crippen molar-refractivity contribution in [2.45, 2.75) is 6.61 Å². The summed E-state index contributed by atoms with van der Waals surface area (Å²) >= 11 is 9.32. The first kappa shape index (κ1) is 20.9. The quantitative estimate of drug-likeness (QED) is 0.361. The Balaban J connectivity index is 1.56. The second kappa shape index (κ2) is 10.6. The van der Waals surface area contributed by atoms with Crippen molar-refractivity contribution in [3.8, 4) is 11.5 Å². The number of hydrogen-bond acceptors (Lipinski definition) is 4. The normalized spacial score (nSPS) is 10.7. The van der Waals surface area contributed by atoms with Gasteiger partial charge >= 0.3 is 0 Å². The highest BCUT2D eigenvalue weighted by Gasteiger charge is 2.05. The van der Waals surface area contributed by atoms with E-state index in [1.54, 1.807) is 24.3 Å². The molecular formula is C22H18BrClN2O3. The molecule has 0 radical (unpaired) electrons. The first-order valence-electron chi connectivity index (χ1n) is 8.77. The Kier molecular flexibility index (Phi) is 7.67. The second-order valence-electron chi connectivity index (χ2n) is 6.00.